The molecule has 1 atom stereocenters. The number of carbonyl (C=O) groups excluding carboxylic acids is 1. The van der Waals surface area contributed by atoms with Gasteiger partial charge in [0.1, 0.15) is 22.2 Å². The van der Waals surface area contributed by atoms with E-state index in [1.54, 1.807) is 17.4 Å². The number of nitrogens with zero attached hydrogens (tertiary/aromatic N) is 3. The smallest absolute Gasteiger partial charge is 0.225 e. The molecule has 30 heavy (non-hydrogen) atoms. The molecule has 5 nitrogen and oxygen atoms in total. The lowest BCUT2D eigenvalue weighted by molar-refractivity contribution is -0.115. The highest BCUT2D eigenvalue weighted by Gasteiger charge is 2.32. The summed E-state index contributed by atoms with van der Waals surface area (Å²) in [5.74, 6) is 0.998. The molecular weight excluding hydrogens is 412 g/mol. The Kier molecular flexibility index (Phi) is 6.85. The highest BCUT2D eigenvalue weighted by molar-refractivity contribution is 7.99. The van der Waals surface area contributed by atoms with Crippen LogP contribution in [-0.4, -0.2) is 16.6 Å². The van der Waals surface area contributed by atoms with Crippen molar-refractivity contribution in [2.24, 2.45) is 11.3 Å². The van der Waals surface area contributed by atoms with Crippen molar-refractivity contribution in [1.82, 2.24) is 4.98 Å². The minimum Gasteiger partial charge on any atom is -0.317 e. The van der Waals surface area contributed by atoms with Crippen molar-refractivity contribution in [3.8, 4) is 12.1 Å². The van der Waals surface area contributed by atoms with E-state index in [0.29, 0.717) is 39.2 Å². The van der Waals surface area contributed by atoms with Gasteiger partial charge in [0.15, 0.2) is 0 Å². The van der Waals surface area contributed by atoms with Crippen LogP contribution < -0.4 is 5.32 Å². The quantitative estimate of drug-likeness (QED) is 0.626. The van der Waals surface area contributed by atoms with Gasteiger partial charge >= 0.3 is 0 Å². The predicted octanol–water partition coefficient (Wildman–Crippen LogP) is 5.47. The fraction of sp³-hybridized carbons (Fsp3) is 0.478. The first-order chi connectivity index (χ1) is 14.2. The van der Waals surface area contributed by atoms with Gasteiger partial charge in [-0.05, 0) is 55.2 Å². The van der Waals surface area contributed by atoms with Crippen molar-refractivity contribution in [3.05, 3.63) is 39.4 Å². The van der Waals surface area contributed by atoms with E-state index in [0.717, 1.165) is 30.5 Å². The van der Waals surface area contributed by atoms with E-state index >= 15 is 0 Å². The summed E-state index contributed by atoms with van der Waals surface area (Å²) >= 11 is 2.96. The Morgan fingerprint density at radius 3 is 2.77 bits per heavy atom. The maximum Gasteiger partial charge on any atom is 0.225 e. The first kappa shape index (κ1) is 22.3. The van der Waals surface area contributed by atoms with Crippen LogP contribution in [0.1, 0.15) is 60.9 Å². The second-order valence-electron chi connectivity index (χ2n) is 8.69. The number of thiophene rings is 1. The Balaban J connectivity index is 1.64. The van der Waals surface area contributed by atoms with Crippen LogP contribution in [0.15, 0.2) is 17.2 Å². The molecule has 2 aromatic heterocycles. The molecule has 1 N–H and O–H groups in total. The molecule has 2 heterocycles. The fourth-order valence-corrected chi connectivity index (χ4v) is 5.94. The SMILES string of the molecule is Cc1ccc(C#N)c(SCCC(=O)Nc2sc3c(c2C#N)CCC(C(C)(C)C)C3)n1. The molecule has 0 bridgehead atoms. The second kappa shape index (κ2) is 9.20. The van der Waals surface area contributed by atoms with Crippen molar-refractivity contribution in [2.45, 2.75) is 58.4 Å². The topological polar surface area (TPSA) is 89.6 Å². The third-order valence-corrected chi connectivity index (χ3v) is 7.71. The van der Waals surface area contributed by atoms with Gasteiger partial charge in [-0.15, -0.1) is 23.1 Å². The van der Waals surface area contributed by atoms with Gasteiger partial charge in [0.2, 0.25) is 5.91 Å². The number of nitriles is 2. The van der Waals surface area contributed by atoms with Gasteiger partial charge in [-0.2, -0.15) is 10.5 Å². The molecule has 0 fully saturated rings. The number of fused-ring (bicyclic) bond motifs is 1. The van der Waals surface area contributed by atoms with Crippen molar-refractivity contribution in [1.29, 1.82) is 10.5 Å². The lowest BCUT2D eigenvalue weighted by atomic mass is 9.72. The molecule has 1 unspecified atom stereocenters. The number of anilines is 1. The van der Waals surface area contributed by atoms with Gasteiger partial charge in [0.25, 0.3) is 0 Å². The Morgan fingerprint density at radius 1 is 1.33 bits per heavy atom. The molecule has 7 heteroatoms. The van der Waals surface area contributed by atoms with Crippen molar-refractivity contribution in [2.75, 3.05) is 11.1 Å². The standard InChI is InChI=1S/C23H26N4OS2/c1-14-5-6-15(12-24)21(26-14)29-10-9-20(28)27-22-18(13-25)17-8-7-16(23(2,3)4)11-19(17)30-22/h5-6,16H,7-11H2,1-4H3,(H,27,28). The van der Waals surface area contributed by atoms with Gasteiger partial charge in [-0.1, -0.05) is 20.8 Å². The lowest BCUT2D eigenvalue weighted by Gasteiger charge is -2.33. The number of hydrogen-bond donors (Lipinski definition) is 1. The first-order valence-corrected chi connectivity index (χ1v) is 11.9. The number of pyridine rings is 1. The number of amides is 1. The van der Waals surface area contributed by atoms with Crippen LogP contribution in [-0.2, 0) is 17.6 Å². The number of nitrogens with one attached hydrogen (secondary N) is 1. The molecule has 0 aliphatic heterocycles. The maximum absolute atomic E-state index is 12.5. The largest absolute Gasteiger partial charge is 0.317 e. The molecule has 1 aliphatic carbocycles. The molecule has 1 amide bonds. The van der Waals surface area contributed by atoms with Crippen LogP contribution in [0.25, 0.3) is 0 Å². The Labute approximate surface area is 186 Å². The zero-order valence-corrected chi connectivity index (χ0v) is 19.5. The molecule has 0 aromatic carbocycles. The summed E-state index contributed by atoms with van der Waals surface area (Å²) in [4.78, 5) is 18.1. The zero-order valence-electron chi connectivity index (χ0n) is 17.8. The van der Waals surface area contributed by atoms with E-state index in [1.807, 2.05) is 13.0 Å². The van der Waals surface area contributed by atoms with Crippen LogP contribution in [0.5, 0.6) is 0 Å². The normalized spacial score (nSPS) is 15.7. The van der Waals surface area contributed by atoms with Crippen LogP contribution >= 0.6 is 23.1 Å². The molecule has 0 saturated carbocycles. The second-order valence-corrected chi connectivity index (χ2v) is 10.9. The van der Waals surface area contributed by atoms with E-state index in [2.05, 4.69) is 43.2 Å². The third kappa shape index (κ3) is 5.03. The molecule has 3 rings (SSSR count). The molecular formula is C23H26N4OS2. The van der Waals surface area contributed by atoms with Crippen molar-refractivity contribution in [3.63, 3.8) is 0 Å². The summed E-state index contributed by atoms with van der Waals surface area (Å²) in [6.45, 7) is 8.68. The van der Waals surface area contributed by atoms with E-state index in [1.165, 1.54) is 16.6 Å². The maximum atomic E-state index is 12.5. The molecule has 2 aromatic rings. The highest BCUT2D eigenvalue weighted by Crippen LogP contribution is 2.44. The van der Waals surface area contributed by atoms with Crippen LogP contribution in [0.4, 0.5) is 5.00 Å². The summed E-state index contributed by atoms with van der Waals surface area (Å²) in [6, 6.07) is 8.01. The van der Waals surface area contributed by atoms with Gasteiger partial charge < -0.3 is 5.32 Å². The number of aromatic nitrogens is 1. The number of aryl methyl sites for hydroxylation is 1. The Hall–Kier alpha value is -2.35. The number of hydrogen-bond acceptors (Lipinski definition) is 6. The van der Waals surface area contributed by atoms with Crippen molar-refractivity contribution >= 4 is 34.0 Å². The average Bonchev–Trinajstić information content (AvgIpc) is 3.03. The van der Waals surface area contributed by atoms with Crippen molar-refractivity contribution < 1.29 is 4.79 Å². The van der Waals surface area contributed by atoms with Crippen LogP contribution in [0.2, 0.25) is 0 Å². The average molecular weight is 439 g/mol. The van der Waals surface area contributed by atoms with E-state index in [9.17, 15) is 15.3 Å². The fourth-order valence-electron chi connectivity index (χ4n) is 3.69. The summed E-state index contributed by atoms with van der Waals surface area (Å²) in [6.07, 6.45) is 3.25. The third-order valence-electron chi connectivity index (χ3n) is 5.54. The molecule has 0 saturated heterocycles. The first-order valence-electron chi connectivity index (χ1n) is 10.1. The zero-order chi connectivity index (χ0) is 21.9. The van der Waals surface area contributed by atoms with E-state index in [4.69, 9.17) is 0 Å². The predicted molar refractivity (Wildman–Crippen MR) is 122 cm³/mol. The highest BCUT2D eigenvalue weighted by atomic mass is 32.2. The van der Waals surface area contributed by atoms with Gasteiger partial charge in [0, 0.05) is 22.7 Å². The Morgan fingerprint density at radius 2 is 2.10 bits per heavy atom. The number of carbonyl (C=O) groups is 1. The monoisotopic (exact) mass is 438 g/mol. The summed E-state index contributed by atoms with van der Waals surface area (Å²) in [5.41, 5.74) is 3.36. The minimum absolute atomic E-state index is 0.115. The molecule has 0 spiro atoms. The van der Waals surface area contributed by atoms with Gasteiger partial charge in [-0.25, -0.2) is 4.98 Å². The minimum atomic E-state index is -0.115. The number of thioether (sulfide) groups is 1. The summed E-state index contributed by atoms with van der Waals surface area (Å²) in [5, 5.41) is 23.2. The van der Waals surface area contributed by atoms with Gasteiger partial charge in [-0.3, -0.25) is 4.79 Å². The van der Waals surface area contributed by atoms with E-state index < -0.39 is 0 Å². The lowest BCUT2D eigenvalue weighted by Crippen LogP contribution is -2.26. The number of rotatable bonds is 5. The van der Waals surface area contributed by atoms with E-state index in [-0.39, 0.29) is 11.3 Å². The van der Waals surface area contributed by atoms with Crippen LogP contribution in [0, 0.1) is 40.9 Å². The summed E-state index contributed by atoms with van der Waals surface area (Å²) in [7, 11) is 0. The Bertz CT molecular complexity index is 1040. The van der Waals surface area contributed by atoms with Gasteiger partial charge in [0.05, 0.1) is 11.1 Å². The molecule has 1 aliphatic rings. The summed E-state index contributed by atoms with van der Waals surface area (Å²) < 4.78 is 0. The molecule has 156 valence electrons. The van der Waals surface area contributed by atoms with Crippen LogP contribution in [0.3, 0.4) is 0 Å². The molecule has 0 radical (unpaired) electrons.